The summed E-state index contributed by atoms with van der Waals surface area (Å²) >= 11 is 0. The molecular formula is C27H29F3O8S2. The van der Waals surface area contributed by atoms with Gasteiger partial charge in [-0.15, -0.1) is 0 Å². The van der Waals surface area contributed by atoms with Gasteiger partial charge in [0.15, 0.2) is 33.1 Å². The van der Waals surface area contributed by atoms with Crippen LogP contribution in [0.4, 0.5) is 13.2 Å². The number of carbonyl (C=O) groups excluding carboxylic acids is 1. The van der Waals surface area contributed by atoms with Crippen molar-refractivity contribution in [2.75, 3.05) is 20.8 Å². The Labute approximate surface area is 234 Å². The summed E-state index contributed by atoms with van der Waals surface area (Å²) in [6.45, 7) is 5.35. The zero-order chi connectivity index (χ0) is 30.1. The van der Waals surface area contributed by atoms with Crippen molar-refractivity contribution in [3.63, 3.8) is 0 Å². The number of hydrogen-bond donors (Lipinski definition) is 0. The van der Waals surface area contributed by atoms with E-state index in [9.17, 15) is 18.0 Å². The van der Waals surface area contributed by atoms with E-state index in [1.807, 2.05) is 81.4 Å². The van der Waals surface area contributed by atoms with Gasteiger partial charge in [0, 0.05) is 0 Å². The van der Waals surface area contributed by atoms with E-state index in [1.165, 1.54) is 0 Å². The van der Waals surface area contributed by atoms with E-state index in [1.54, 1.807) is 14.2 Å². The molecule has 0 aromatic heterocycles. The number of hydrogen-bond acceptors (Lipinski definition) is 8. The Morgan fingerprint density at radius 2 is 1.25 bits per heavy atom. The fraction of sp³-hybridized carbons (Fsp3) is 0.296. The standard InChI is InChI=1S/C26H29O5S.CHF3O3S/c1-26(2,3)31-25(27)18-30-19-14-16-20(17-15-19)32(23-12-8-6-10-21(23)28-4)24-13-9-7-11-22(24)29-5;2-1(3,4)8(5,6)7/h6-17H,18H2,1-5H3;(H,5,6,7)/q+1;/p-1. The van der Waals surface area contributed by atoms with Crippen LogP contribution in [0.1, 0.15) is 20.8 Å². The minimum absolute atomic E-state index is 0.138. The molecule has 0 spiro atoms. The SMILES string of the molecule is COc1ccccc1[S+](c1ccc(OCC(=O)OC(C)(C)C)cc1)c1ccccc1OC.O=S(=O)([O-])C(F)(F)F. The van der Waals surface area contributed by atoms with Gasteiger partial charge in [0.25, 0.3) is 0 Å². The molecule has 0 heterocycles. The van der Waals surface area contributed by atoms with Crippen molar-refractivity contribution < 1.29 is 49.9 Å². The van der Waals surface area contributed by atoms with Gasteiger partial charge in [-0.25, -0.2) is 13.2 Å². The third-order valence-corrected chi connectivity index (χ3v) is 7.56. The van der Waals surface area contributed by atoms with E-state index in [0.29, 0.717) is 5.75 Å². The zero-order valence-corrected chi connectivity index (χ0v) is 24.0. The Hall–Kier alpha value is -3.42. The van der Waals surface area contributed by atoms with Crippen LogP contribution in [0.25, 0.3) is 0 Å². The number of para-hydroxylation sites is 2. The Bertz CT molecular complexity index is 1320. The normalized spacial score (nSPS) is 11.8. The third-order valence-electron chi connectivity index (χ3n) is 4.70. The van der Waals surface area contributed by atoms with Crippen LogP contribution < -0.4 is 14.2 Å². The van der Waals surface area contributed by atoms with Crippen LogP contribution in [0.15, 0.2) is 87.5 Å². The lowest BCUT2D eigenvalue weighted by Crippen LogP contribution is -2.27. The topological polar surface area (TPSA) is 111 Å². The molecule has 0 saturated heterocycles. The van der Waals surface area contributed by atoms with Crippen molar-refractivity contribution in [2.24, 2.45) is 0 Å². The number of benzene rings is 3. The van der Waals surface area contributed by atoms with Crippen molar-refractivity contribution in [2.45, 2.75) is 46.6 Å². The molecule has 0 N–H and O–H groups in total. The van der Waals surface area contributed by atoms with E-state index in [0.717, 1.165) is 26.2 Å². The summed E-state index contributed by atoms with van der Waals surface area (Å²) in [7, 11) is -3.21. The maximum absolute atomic E-state index is 11.9. The van der Waals surface area contributed by atoms with Gasteiger partial charge in [0.1, 0.15) is 22.2 Å². The van der Waals surface area contributed by atoms with Crippen LogP contribution in [0, 0.1) is 0 Å². The highest BCUT2D eigenvalue weighted by Gasteiger charge is 2.37. The van der Waals surface area contributed by atoms with E-state index < -0.39 is 38.1 Å². The number of alkyl halides is 3. The molecule has 13 heteroatoms. The first-order chi connectivity index (χ1) is 18.6. The van der Waals surface area contributed by atoms with Crippen molar-refractivity contribution in [3.05, 3.63) is 72.8 Å². The van der Waals surface area contributed by atoms with Gasteiger partial charge >= 0.3 is 11.5 Å². The molecule has 218 valence electrons. The summed E-state index contributed by atoms with van der Waals surface area (Å²) in [5.41, 5.74) is -6.19. The quantitative estimate of drug-likeness (QED) is 0.142. The molecule has 0 saturated carbocycles. The summed E-state index contributed by atoms with van der Waals surface area (Å²) in [4.78, 5) is 15.1. The van der Waals surface area contributed by atoms with Gasteiger partial charge in [0.05, 0.1) is 14.2 Å². The highest BCUT2D eigenvalue weighted by molar-refractivity contribution is 7.97. The molecule has 3 aromatic carbocycles. The summed E-state index contributed by atoms with van der Waals surface area (Å²) in [5, 5.41) is 0. The average molecular weight is 603 g/mol. The number of halogens is 3. The predicted molar refractivity (Wildman–Crippen MR) is 142 cm³/mol. The van der Waals surface area contributed by atoms with Gasteiger partial charge in [-0.05, 0) is 69.3 Å². The lowest BCUT2D eigenvalue weighted by atomic mass is 10.2. The van der Waals surface area contributed by atoms with Gasteiger partial charge in [0.2, 0.25) is 9.79 Å². The molecule has 3 aromatic rings. The Morgan fingerprint density at radius 3 is 1.62 bits per heavy atom. The van der Waals surface area contributed by atoms with Crippen molar-refractivity contribution >= 4 is 27.0 Å². The summed E-state index contributed by atoms with van der Waals surface area (Å²) in [6, 6.07) is 23.7. The molecule has 40 heavy (non-hydrogen) atoms. The minimum atomic E-state index is -6.09. The smallest absolute Gasteiger partial charge is 0.485 e. The maximum atomic E-state index is 11.9. The number of methoxy groups -OCH3 is 2. The second-order valence-corrected chi connectivity index (χ2v) is 12.2. The highest BCUT2D eigenvalue weighted by atomic mass is 32.2. The molecule has 8 nitrogen and oxygen atoms in total. The minimum Gasteiger partial charge on any atom is -0.741 e. The predicted octanol–water partition coefficient (Wildman–Crippen LogP) is 5.57. The van der Waals surface area contributed by atoms with E-state index >= 15 is 0 Å². The van der Waals surface area contributed by atoms with E-state index in [2.05, 4.69) is 12.1 Å². The second kappa shape index (κ2) is 13.8. The average Bonchev–Trinajstić information content (AvgIpc) is 2.87. The largest absolute Gasteiger partial charge is 0.741 e. The van der Waals surface area contributed by atoms with Crippen LogP contribution in [-0.2, 0) is 30.5 Å². The maximum Gasteiger partial charge on any atom is 0.485 e. The first kappa shape index (κ1) is 32.8. The van der Waals surface area contributed by atoms with Crippen LogP contribution in [0.5, 0.6) is 17.2 Å². The molecular weight excluding hydrogens is 573 g/mol. The molecule has 0 bridgehead atoms. The Balaban J connectivity index is 0.000000611. The number of rotatable bonds is 8. The summed E-state index contributed by atoms with van der Waals surface area (Å²) in [6.07, 6.45) is 0. The van der Waals surface area contributed by atoms with Crippen LogP contribution in [0.3, 0.4) is 0 Å². The summed E-state index contributed by atoms with van der Waals surface area (Å²) < 4.78 is 81.2. The monoisotopic (exact) mass is 602 g/mol. The molecule has 0 radical (unpaired) electrons. The lowest BCUT2D eigenvalue weighted by Gasteiger charge is -2.19. The molecule has 0 atom stereocenters. The number of carbonyl (C=O) groups is 1. The van der Waals surface area contributed by atoms with Crippen LogP contribution in [-0.4, -0.2) is 50.9 Å². The molecule has 0 fully saturated rings. The molecule has 0 amide bonds. The Morgan fingerprint density at radius 1 is 0.825 bits per heavy atom. The van der Waals surface area contributed by atoms with Gasteiger partial charge in [-0.2, -0.15) is 13.2 Å². The molecule has 3 rings (SSSR count). The van der Waals surface area contributed by atoms with Crippen molar-refractivity contribution in [3.8, 4) is 17.2 Å². The molecule has 0 aliphatic carbocycles. The van der Waals surface area contributed by atoms with Gasteiger partial charge in [-0.3, -0.25) is 0 Å². The van der Waals surface area contributed by atoms with E-state index in [4.69, 9.17) is 31.9 Å². The summed E-state index contributed by atoms with van der Waals surface area (Å²) in [5.74, 6) is 1.83. The first-order valence-corrected chi connectivity index (χ1v) is 14.2. The van der Waals surface area contributed by atoms with Crippen molar-refractivity contribution in [1.82, 2.24) is 0 Å². The second-order valence-electron chi connectivity index (χ2n) is 8.85. The van der Waals surface area contributed by atoms with Crippen LogP contribution in [0.2, 0.25) is 0 Å². The lowest BCUT2D eigenvalue weighted by molar-refractivity contribution is -0.157. The molecule has 0 aliphatic rings. The fourth-order valence-electron chi connectivity index (χ4n) is 3.13. The Kier molecular flexibility index (Phi) is 11.3. The van der Waals surface area contributed by atoms with Gasteiger partial charge in [-0.1, -0.05) is 24.3 Å². The van der Waals surface area contributed by atoms with Crippen molar-refractivity contribution in [1.29, 1.82) is 0 Å². The van der Waals surface area contributed by atoms with Crippen LogP contribution >= 0.6 is 0 Å². The fourth-order valence-corrected chi connectivity index (χ4v) is 5.42. The van der Waals surface area contributed by atoms with E-state index in [-0.39, 0.29) is 6.61 Å². The molecule has 0 unspecified atom stereocenters. The van der Waals surface area contributed by atoms with Gasteiger partial charge < -0.3 is 23.5 Å². The molecule has 0 aliphatic heterocycles. The first-order valence-electron chi connectivity index (χ1n) is 11.5. The number of esters is 1. The highest BCUT2D eigenvalue weighted by Crippen LogP contribution is 2.40. The number of ether oxygens (including phenoxy) is 4. The third kappa shape index (κ3) is 9.65. The zero-order valence-electron chi connectivity index (χ0n) is 22.4.